The first kappa shape index (κ1) is 32.6. The number of aliphatic carboxylic acids is 1. The van der Waals surface area contributed by atoms with Gasteiger partial charge in [-0.15, -0.1) is 0 Å². The molecule has 0 aliphatic carbocycles. The minimum atomic E-state index is -1.41. The summed E-state index contributed by atoms with van der Waals surface area (Å²) in [5.74, 6) is -2.75. The number of hydrogen-bond acceptors (Lipinski definition) is 6. The van der Waals surface area contributed by atoms with E-state index in [1.165, 1.54) is 36.4 Å². The SMILES string of the molecule is CC(C)c1c(C(=O)NCCc2cccc(F)c2)nn(-c2ccc(F)cc2)c1CCC(O)CC(O)CC(=O)[O-].[Na+]. The summed E-state index contributed by atoms with van der Waals surface area (Å²) in [6.07, 6.45) is -2.15. The van der Waals surface area contributed by atoms with Gasteiger partial charge in [-0.25, -0.2) is 13.5 Å². The van der Waals surface area contributed by atoms with Crippen LogP contribution in [-0.2, 0) is 17.6 Å². The van der Waals surface area contributed by atoms with Crippen LogP contribution in [0.5, 0.6) is 0 Å². The standard InChI is InChI=1S/C28H33F2N3O5.Na/c1-17(2)26-24(11-10-22(34)15-23(35)16-25(36)37)33(21-8-6-19(29)7-9-21)32-27(26)28(38)31-13-12-18-4-3-5-20(30)14-18;/h3-9,14,17,22-23,34-35H,10-13,15-16H2,1-2H3,(H,31,38)(H,36,37);/q;+1/p-1. The summed E-state index contributed by atoms with van der Waals surface area (Å²) in [5, 5.41) is 38.4. The van der Waals surface area contributed by atoms with Crippen molar-refractivity contribution in [3.05, 3.63) is 82.7 Å². The number of rotatable bonds is 13. The van der Waals surface area contributed by atoms with Gasteiger partial charge in [-0.05, 0) is 73.6 Å². The number of hydrogen-bond donors (Lipinski definition) is 3. The average molecular weight is 552 g/mol. The molecule has 1 amide bonds. The number of nitrogens with one attached hydrogen (secondary N) is 1. The van der Waals surface area contributed by atoms with Crippen LogP contribution in [0.4, 0.5) is 8.78 Å². The molecule has 2 aromatic carbocycles. The summed E-state index contributed by atoms with van der Waals surface area (Å²) in [5.41, 5.74) is 2.73. The molecule has 1 heterocycles. The van der Waals surface area contributed by atoms with Gasteiger partial charge in [0.05, 0.1) is 17.9 Å². The van der Waals surface area contributed by atoms with Gasteiger partial charge in [0.15, 0.2) is 5.69 Å². The molecule has 1 aromatic heterocycles. The molecule has 3 N–H and O–H groups in total. The Morgan fingerprint density at radius 3 is 2.33 bits per heavy atom. The third kappa shape index (κ3) is 9.51. The van der Waals surface area contributed by atoms with Crippen molar-refractivity contribution in [1.29, 1.82) is 0 Å². The number of halogens is 2. The van der Waals surface area contributed by atoms with Crippen molar-refractivity contribution in [2.24, 2.45) is 0 Å². The van der Waals surface area contributed by atoms with Gasteiger partial charge in [-0.2, -0.15) is 5.10 Å². The summed E-state index contributed by atoms with van der Waals surface area (Å²) in [4.78, 5) is 23.9. The van der Waals surface area contributed by atoms with E-state index < -0.39 is 36.3 Å². The molecule has 0 aliphatic rings. The summed E-state index contributed by atoms with van der Waals surface area (Å²) >= 11 is 0. The van der Waals surface area contributed by atoms with Crippen LogP contribution in [-0.4, -0.2) is 50.6 Å². The number of aliphatic hydroxyl groups excluding tert-OH is 2. The maximum absolute atomic E-state index is 13.6. The summed E-state index contributed by atoms with van der Waals surface area (Å²) < 4.78 is 28.6. The van der Waals surface area contributed by atoms with Gasteiger partial charge in [-0.3, -0.25) is 4.79 Å². The minimum absolute atomic E-state index is 0. The molecule has 3 aromatic rings. The van der Waals surface area contributed by atoms with Gasteiger partial charge >= 0.3 is 29.6 Å². The van der Waals surface area contributed by atoms with Crippen molar-refractivity contribution in [3.63, 3.8) is 0 Å². The predicted molar refractivity (Wildman–Crippen MR) is 135 cm³/mol. The molecule has 0 radical (unpaired) electrons. The fraction of sp³-hybridized carbons (Fsp3) is 0.393. The average Bonchev–Trinajstić information content (AvgIpc) is 3.22. The number of nitrogens with zero attached hydrogens (tertiary/aromatic N) is 2. The van der Waals surface area contributed by atoms with Crippen molar-refractivity contribution in [2.75, 3.05) is 6.54 Å². The summed E-state index contributed by atoms with van der Waals surface area (Å²) in [6, 6.07) is 11.7. The molecule has 204 valence electrons. The Balaban J connectivity index is 0.00000533. The van der Waals surface area contributed by atoms with Crippen LogP contribution in [0.1, 0.15) is 66.3 Å². The number of aromatic nitrogens is 2. The Bertz CT molecular complexity index is 1250. The van der Waals surface area contributed by atoms with E-state index in [9.17, 15) is 33.7 Å². The van der Waals surface area contributed by atoms with E-state index in [2.05, 4.69) is 10.4 Å². The molecule has 0 fully saturated rings. The molecule has 0 saturated heterocycles. The van der Waals surface area contributed by atoms with Crippen LogP contribution >= 0.6 is 0 Å². The minimum Gasteiger partial charge on any atom is -0.550 e. The first-order valence-electron chi connectivity index (χ1n) is 12.5. The zero-order chi connectivity index (χ0) is 27.8. The molecular weight excluding hydrogens is 519 g/mol. The molecule has 0 saturated carbocycles. The monoisotopic (exact) mass is 551 g/mol. The van der Waals surface area contributed by atoms with Gasteiger partial charge in [-0.1, -0.05) is 26.0 Å². The Kier molecular flexibility index (Phi) is 12.7. The molecule has 0 spiro atoms. The van der Waals surface area contributed by atoms with E-state index in [1.807, 2.05) is 13.8 Å². The van der Waals surface area contributed by atoms with E-state index in [4.69, 9.17) is 0 Å². The number of amides is 1. The summed E-state index contributed by atoms with van der Waals surface area (Å²) in [7, 11) is 0. The number of benzene rings is 2. The van der Waals surface area contributed by atoms with Crippen molar-refractivity contribution in [1.82, 2.24) is 15.1 Å². The Labute approximate surface area is 248 Å². The van der Waals surface area contributed by atoms with E-state index >= 15 is 0 Å². The molecule has 0 aliphatic heterocycles. The Morgan fingerprint density at radius 1 is 1.03 bits per heavy atom. The van der Waals surface area contributed by atoms with Crippen LogP contribution in [0.2, 0.25) is 0 Å². The third-order valence-electron chi connectivity index (χ3n) is 6.13. The second-order valence-electron chi connectivity index (χ2n) is 9.55. The molecule has 0 bridgehead atoms. The number of carbonyl (C=O) groups excluding carboxylic acids is 2. The Morgan fingerprint density at radius 2 is 1.72 bits per heavy atom. The largest absolute Gasteiger partial charge is 1.00 e. The molecule has 11 heteroatoms. The van der Waals surface area contributed by atoms with Crippen molar-refractivity contribution < 1.29 is 63.2 Å². The number of carboxylic acid groups (broad SMARTS) is 1. The van der Waals surface area contributed by atoms with E-state index in [-0.39, 0.29) is 72.8 Å². The predicted octanol–water partition coefficient (Wildman–Crippen LogP) is -0.565. The first-order valence-corrected chi connectivity index (χ1v) is 12.5. The van der Waals surface area contributed by atoms with Crippen molar-refractivity contribution in [3.8, 4) is 5.69 Å². The van der Waals surface area contributed by atoms with E-state index in [0.29, 0.717) is 23.4 Å². The topological polar surface area (TPSA) is 128 Å². The normalized spacial score (nSPS) is 12.6. The third-order valence-corrected chi connectivity index (χ3v) is 6.13. The van der Waals surface area contributed by atoms with Crippen molar-refractivity contribution >= 4 is 11.9 Å². The van der Waals surface area contributed by atoms with Gasteiger partial charge in [0.1, 0.15) is 11.6 Å². The van der Waals surface area contributed by atoms with E-state index in [0.717, 1.165) is 5.56 Å². The van der Waals surface area contributed by atoms with Crippen LogP contribution < -0.4 is 40.0 Å². The first-order chi connectivity index (χ1) is 18.0. The van der Waals surface area contributed by atoms with Gasteiger partial charge in [0, 0.05) is 30.2 Å². The van der Waals surface area contributed by atoms with Gasteiger partial charge in [0.25, 0.3) is 5.91 Å². The second kappa shape index (κ2) is 15.2. The molecular formula is C28H32F2N3NaO5. The molecule has 8 nitrogen and oxygen atoms in total. The number of carbonyl (C=O) groups is 2. The molecule has 3 rings (SSSR count). The van der Waals surface area contributed by atoms with Crippen LogP contribution in [0.15, 0.2) is 48.5 Å². The Hall–Kier alpha value is -2.63. The van der Waals surface area contributed by atoms with Crippen LogP contribution in [0.3, 0.4) is 0 Å². The maximum atomic E-state index is 13.6. The zero-order valence-corrected chi connectivity index (χ0v) is 24.4. The quantitative estimate of drug-likeness (QED) is 0.245. The van der Waals surface area contributed by atoms with Gasteiger partial charge < -0.3 is 25.4 Å². The molecule has 2 atom stereocenters. The van der Waals surface area contributed by atoms with E-state index in [1.54, 1.807) is 16.8 Å². The summed E-state index contributed by atoms with van der Waals surface area (Å²) in [6.45, 7) is 4.06. The van der Waals surface area contributed by atoms with Gasteiger partial charge in [0.2, 0.25) is 0 Å². The molecule has 39 heavy (non-hydrogen) atoms. The smallest absolute Gasteiger partial charge is 0.550 e. The fourth-order valence-electron chi connectivity index (χ4n) is 4.38. The van der Waals surface area contributed by atoms with Crippen LogP contribution in [0, 0.1) is 11.6 Å². The van der Waals surface area contributed by atoms with Crippen molar-refractivity contribution in [2.45, 2.75) is 64.1 Å². The number of carboxylic acids is 1. The van der Waals surface area contributed by atoms with Crippen LogP contribution in [0.25, 0.3) is 5.69 Å². The second-order valence-corrected chi connectivity index (χ2v) is 9.55. The molecule has 2 unspecified atom stereocenters. The fourth-order valence-corrected chi connectivity index (χ4v) is 4.38. The number of aliphatic hydroxyl groups is 2. The maximum Gasteiger partial charge on any atom is 1.00 e. The zero-order valence-electron chi connectivity index (χ0n) is 22.4.